The lowest BCUT2D eigenvalue weighted by Gasteiger charge is -2.07. The van der Waals surface area contributed by atoms with Crippen molar-refractivity contribution in [1.82, 2.24) is 10.5 Å². The van der Waals surface area contributed by atoms with E-state index < -0.39 is 0 Å². The second-order valence-electron chi connectivity index (χ2n) is 5.77. The fourth-order valence-electron chi connectivity index (χ4n) is 2.44. The number of hydrogen-bond acceptors (Lipinski definition) is 6. The number of halogens is 1. The number of nitrogens with one attached hydrogen (secondary N) is 1. The normalized spacial score (nSPS) is 10.4. The van der Waals surface area contributed by atoms with Gasteiger partial charge in [0.1, 0.15) is 11.4 Å². The second-order valence-corrected chi connectivity index (χ2v) is 6.21. The highest BCUT2D eigenvalue weighted by molar-refractivity contribution is 6.30. The Bertz CT molecular complexity index is 940. The van der Waals surface area contributed by atoms with E-state index in [1.165, 1.54) is 0 Å². The first kappa shape index (κ1) is 19.6. The Morgan fingerprint density at radius 2 is 1.82 bits per heavy atom. The molecule has 0 radical (unpaired) electrons. The van der Waals surface area contributed by atoms with Gasteiger partial charge in [0.25, 0.3) is 5.91 Å². The van der Waals surface area contributed by atoms with Gasteiger partial charge in [-0.3, -0.25) is 4.79 Å². The summed E-state index contributed by atoms with van der Waals surface area (Å²) >= 11 is 5.81. The van der Waals surface area contributed by atoms with Gasteiger partial charge in [0.05, 0.1) is 20.8 Å². The summed E-state index contributed by atoms with van der Waals surface area (Å²) in [5.74, 6) is 2.06. The molecule has 7 nitrogen and oxygen atoms in total. The molecule has 0 unspecified atom stereocenters. The number of methoxy groups -OCH3 is 2. The number of amides is 1. The first-order valence-electron chi connectivity index (χ1n) is 8.42. The summed E-state index contributed by atoms with van der Waals surface area (Å²) in [5.41, 5.74) is 1.37. The molecule has 0 atom stereocenters. The number of aromatic nitrogens is 1. The molecule has 0 fully saturated rings. The maximum Gasteiger partial charge on any atom is 0.258 e. The van der Waals surface area contributed by atoms with E-state index in [0.29, 0.717) is 33.7 Å². The summed E-state index contributed by atoms with van der Waals surface area (Å²) in [6, 6.07) is 13.9. The van der Waals surface area contributed by atoms with Crippen molar-refractivity contribution in [2.24, 2.45) is 0 Å². The van der Waals surface area contributed by atoms with Crippen molar-refractivity contribution >= 4 is 17.5 Å². The smallest absolute Gasteiger partial charge is 0.258 e. The van der Waals surface area contributed by atoms with Crippen LogP contribution in [0.4, 0.5) is 0 Å². The highest BCUT2D eigenvalue weighted by Gasteiger charge is 2.12. The number of ether oxygens (including phenoxy) is 3. The average molecular weight is 403 g/mol. The molecule has 1 amide bonds. The molecular formula is C20H19ClN2O5. The van der Waals surface area contributed by atoms with Crippen LogP contribution in [0.3, 0.4) is 0 Å². The third-order valence-electron chi connectivity index (χ3n) is 3.88. The molecule has 0 spiro atoms. The molecule has 8 heteroatoms. The van der Waals surface area contributed by atoms with Crippen LogP contribution < -0.4 is 19.5 Å². The summed E-state index contributed by atoms with van der Waals surface area (Å²) in [6.07, 6.45) is 0. The van der Waals surface area contributed by atoms with E-state index in [1.54, 1.807) is 56.7 Å². The van der Waals surface area contributed by atoms with Crippen LogP contribution in [0.1, 0.15) is 5.69 Å². The molecule has 0 aliphatic rings. The van der Waals surface area contributed by atoms with Crippen molar-refractivity contribution in [1.29, 1.82) is 0 Å². The molecule has 1 N–H and O–H groups in total. The van der Waals surface area contributed by atoms with Gasteiger partial charge >= 0.3 is 0 Å². The molecule has 0 bridgehead atoms. The summed E-state index contributed by atoms with van der Waals surface area (Å²) in [7, 11) is 3.14. The minimum Gasteiger partial charge on any atom is -0.493 e. The molecule has 3 rings (SSSR count). The number of nitrogens with zero attached hydrogens (tertiary/aromatic N) is 1. The molecule has 28 heavy (non-hydrogen) atoms. The number of carbonyl (C=O) groups excluding carboxylic acids is 1. The zero-order valence-corrected chi connectivity index (χ0v) is 16.2. The van der Waals surface area contributed by atoms with E-state index >= 15 is 0 Å². The van der Waals surface area contributed by atoms with Gasteiger partial charge in [-0.25, -0.2) is 0 Å². The van der Waals surface area contributed by atoms with E-state index in [2.05, 4.69) is 10.5 Å². The van der Waals surface area contributed by atoms with Crippen LogP contribution in [0.25, 0.3) is 11.3 Å². The van der Waals surface area contributed by atoms with Crippen molar-refractivity contribution in [2.45, 2.75) is 6.54 Å². The standard InChI is InChI=1S/C20H19ClN2O5/c1-25-17-8-3-13(9-19(17)26-2)18-10-15(23-28-18)11-22-20(24)12-27-16-6-4-14(21)5-7-16/h3-10H,11-12H2,1-2H3,(H,22,24). The quantitative estimate of drug-likeness (QED) is 0.618. The first-order chi connectivity index (χ1) is 13.6. The van der Waals surface area contributed by atoms with Crippen LogP contribution >= 0.6 is 11.6 Å². The lowest BCUT2D eigenvalue weighted by Crippen LogP contribution is -2.28. The highest BCUT2D eigenvalue weighted by Crippen LogP contribution is 2.32. The van der Waals surface area contributed by atoms with Crippen LogP contribution in [-0.4, -0.2) is 31.9 Å². The van der Waals surface area contributed by atoms with Crippen LogP contribution in [0, 0.1) is 0 Å². The Morgan fingerprint density at radius 1 is 1.07 bits per heavy atom. The van der Waals surface area contributed by atoms with Crippen LogP contribution in [-0.2, 0) is 11.3 Å². The first-order valence-corrected chi connectivity index (χ1v) is 8.80. The predicted octanol–water partition coefficient (Wildman–Crippen LogP) is 3.71. The fourth-order valence-corrected chi connectivity index (χ4v) is 2.57. The minimum atomic E-state index is -0.273. The maximum atomic E-state index is 11.9. The van der Waals surface area contributed by atoms with Crippen LogP contribution in [0.2, 0.25) is 5.02 Å². The lowest BCUT2D eigenvalue weighted by atomic mass is 10.1. The van der Waals surface area contributed by atoms with Gasteiger partial charge in [0.15, 0.2) is 23.9 Å². The van der Waals surface area contributed by atoms with Crippen molar-refractivity contribution in [3.05, 3.63) is 59.2 Å². The van der Waals surface area contributed by atoms with Crippen molar-refractivity contribution in [3.63, 3.8) is 0 Å². The van der Waals surface area contributed by atoms with E-state index in [1.807, 2.05) is 6.07 Å². The van der Waals surface area contributed by atoms with Gasteiger partial charge < -0.3 is 24.1 Å². The largest absolute Gasteiger partial charge is 0.493 e. The topological polar surface area (TPSA) is 82.8 Å². The molecule has 0 aliphatic carbocycles. The lowest BCUT2D eigenvalue weighted by molar-refractivity contribution is -0.123. The number of carbonyl (C=O) groups is 1. The SMILES string of the molecule is COc1ccc(-c2cc(CNC(=O)COc3ccc(Cl)cc3)no2)cc1OC. The summed E-state index contributed by atoms with van der Waals surface area (Å²) in [4.78, 5) is 11.9. The van der Waals surface area contributed by atoms with Gasteiger partial charge in [-0.15, -0.1) is 0 Å². The third kappa shape index (κ3) is 4.95. The number of rotatable bonds is 8. The van der Waals surface area contributed by atoms with Crippen molar-refractivity contribution in [2.75, 3.05) is 20.8 Å². The van der Waals surface area contributed by atoms with Gasteiger partial charge in [-0.1, -0.05) is 16.8 Å². The summed E-state index contributed by atoms with van der Waals surface area (Å²) in [5, 5.41) is 7.31. The molecule has 1 aromatic heterocycles. The Hall–Kier alpha value is -3.19. The Labute approximate surface area is 167 Å². The van der Waals surface area contributed by atoms with Gasteiger partial charge in [-0.2, -0.15) is 0 Å². The van der Waals surface area contributed by atoms with Crippen molar-refractivity contribution in [3.8, 4) is 28.6 Å². The molecule has 1 heterocycles. The molecule has 3 aromatic rings. The molecule has 2 aromatic carbocycles. The molecular weight excluding hydrogens is 384 g/mol. The van der Waals surface area contributed by atoms with E-state index in [-0.39, 0.29) is 19.1 Å². The Kier molecular flexibility index (Phi) is 6.39. The molecule has 0 saturated heterocycles. The summed E-state index contributed by atoms with van der Waals surface area (Å²) in [6.45, 7) is 0.113. The van der Waals surface area contributed by atoms with E-state index in [4.69, 9.17) is 30.3 Å². The number of benzene rings is 2. The maximum absolute atomic E-state index is 11.9. The Morgan fingerprint density at radius 3 is 2.54 bits per heavy atom. The fraction of sp³-hybridized carbons (Fsp3) is 0.200. The number of hydrogen-bond donors (Lipinski definition) is 1. The zero-order chi connectivity index (χ0) is 19.9. The highest BCUT2D eigenvalue weighted by atomic mass is 35.5. The van der Waals surface area contributed by atoms with Crippen molar-refractivity contribution < 1.29 is 23.5 Å². The second kappa shape index (κ2) is 9.14. The van der Waals surface area contributed by atoms with Gasteiger partial charge in [-0.05, 0) is 42.5 Å². The third-order valence-corrected chi connectivity index (χ3v) is 4.13. The van der Waals surface area contributed by atoms with Gasteiger partial charge in [0.2, 0.25) is 0 Å². The van der Waals surface area contributed by atoms with Gasteiger partial charge in [0, 0.05) is 16.7 Å². The molecule has 146 valence electrons. The van der Waals surface area contributed by atoms with Crippen LogP contribution in [0.15, 0.2) is 53.1 Å². The predicted molar refractivity (Wildman–Crippen MR) is 104 cm³/mol. The van der Waals surface area contributed by atoms with E-state index in [9.17, 15) is 4.79 Å². The monoisotopic (exact) mass is 402 g/mol. The summed E-state index contributed by atoms with van der Waals surface area (Å²) < 4.78 is 21.3. The van der Waals surface area contributed by atoms with E-state index in [0.717, 1.165) is 5.56 Å². The average Bonchev–Trinajstić information content (AvgIpc) is 3.20. The van der Waals surface area contributed by atoms with Crippen LogP contribution in [0.5, 0.6) is 17.2 Å². The molecule has 0 saturated carbocycles. The minimum absolute atomic E-state index is 0.109. The Balaban J connectivity index is 1.54. The zero-order valence-electron chi connectivity index (χ0n) is 15.4. The molecule has 0 aliphatic heterocycles.